The van der Waals surface area contributed by atoms with Crippen molar-refractivity contribution in [3.8, 4) is 5.88 Å². The highest BCUT2D eigenvalue weighted by Crippen LogP contribution is 2.34. The number of nitrogens with one attached hydrogen (secondary N) is 1. The number of rotatable bonds is 4. The van der Waals surface area contributed by atoms with Gasteiger partial charge in [0.1, 0.15) is 11.8 Å². The second-order valence-electron chi connectivity index (χ2n) is 5.10. The zero-order valence-electron chi connectivity index (χ0n) is 11.5. The molecule has 1 saturated heterocycles. The van der Waals surface area contributed by atoms with Gasteiger partial charge in [0.25, 0.3) is 5.88 Å². The predicted octanol–water partition coefficient (Wildman–Crippen LogP) is 1.81. The summed E-state index contributed by atoms with van der Waals surface area (Å²) < 4.78 is 7.49. The summed E-state index contributed by atoms with van der Waals surface area (Å²) in [6, 6.07) is 0.0316. The van der Waals surface area contributed by atoms with E-state index in [0.29, 0.717) is 11.6 Å². The van der Waals surface area contributed by atoms with Crippen LogP contribution in [0, 0.1) is 17.0 Å². The second kappa shape index (κ2) is 5.56. The second-order valence-corrected chi connectivity index (χ2v) is 5.10. The van der Waals surface area contributed by atoms with Crippen molar-refractivity contribution in [2.24, 2.45) is 0 Å². The highest BCUT2D eigenvalue weighted by Gasteiger charge is 2.30. The van der Waals surface area contributed by atoms with E-state index < -0.39 is 4.92 Å². The molecule has 2 heterocycles. The van der Waals surface area contributed by atoms with Crippen LogP contribution in [-0.2, 0) is 0 Å². The van der Waals surface area contributed by atoms with E-state index in [2.05, 4.69) is 10.4 Å². The fourth-order valence-electron chi connectivity index (χ4n) is 2.26. The predicted molar refractivity (Wildman–Crippen MR) is 70.5 cm³/mol. The van der Waals surface area contributed by atoms with Crippen LogP contribution in [0.2, 0.25) is 0 Å². The molecule has 19 heavy (non-hydrogen) atoms. The van der Waals surface area contributed by atoms with Gasteiger partial charge in [-0.3, -0.25) is 10.1 Å². The van der Waals surface area contributed by atoms with Gasteiger partial charge >= 0.3 is 5.69 Å². The first-order valence-corrected chi connectivity index (χ1v) is 6.61. The van der Waals surface area contributed by atoms with E-state index in [0.717, 1.165) is 25.9 Å². The zero-order valence-corrected chi connectivity index (χ0v) is 11.5. The number of aryl methyl sites for hydroxylation is 1. The maximum atomic E-state index is 11.2. The number of ether oxygens (including phenoxy) is 1. The first-order chi connectivity index (χ1) is 9.00. The fourth-order valence-corrected chi connectivity index (χ4v) is 2.26. The quantitative estimate of drug-likeness (QED) is 0.665. The number of hydrogen-bond acceptors (Lipinski definition) is 5. The molecule has 0 atom stereocenters. The Morgan fingerprint density at radius 2 is 2.11 bits per heavy atom. The lowest BCUT2D eigenvalue weighted by atomic mass is 10.1. The summed E-state index contributed by atoms with van der Waals surface area (Å²) in [6.07, 6.45) is 1.74. The topological polar surface area (TPSA) is 82.2 Å². The molecule has 1 aliphatic heterocycles. The first kappa shape index (κ1) is 13.8. The Labute approximate surface area is 112 Å². The van der Waals surface area contributed by atoms with E-state index >= 15 is 0 Å². The van der Waals surface area contributed by atoms with Gasteiger partial charge < -0.3 is 10.1 Å². The van der Waals surface area contributed by atoms with Gasteiger partial charge in [-0.15, -0.1) is 0 Å². The van der Waals surface area contributed by atoms with Crippen molar-refractivity contribution in [2.45, 2.75) is 45.8 Å². The number of nitrogens with zero attached hydrogens (tertiary/aromatic N) is 3. The third-order valence-electron chi connectivity index (χ3n) is 3.25. The standard InChI is InChI=1S/C12H20N4O3/c1-8(2)15-12(11(16(17)18)9(3)14-15)19-10-4-6-13-7-5-10/h8,10,13H,4-7H2,1-3H3. The van der Waals surface area contributed by atoms with Crippen LogP contribution in [0.15, 0.2) is 0 Å². The lowest BCUT2D eigenvalue weighted by molar-refractivity contribution is -0.386. The van der Waals surface area contributed by atoms with Crippen LogP contribution in [0.4, 0.5) is 5.69 Å². The van der Waals surface area contributed by atoms with Crippen molar-refractivity contribution < 1.29 is 9.66 Å². The van der Waals surface area contributed by atoms with Crippen molar-refractivity contribution in [3.63, 3.8) is 0 Å². The average Bonchev–Trinajstić information content (AvgIpc) is 2.67. The van der Waals surface area contributed by atoms with Crippen LogP contribution in [-0.4, -0.2) is 33.9 Å². The molecule has 1 aromatic rings. The van der Waals surface area contributed by atoms with E-state index in [1.165, 1.54) is 0 Å². The third-order valence-corrected chi connectivity index (χ3v) is 3.25. The van der Waals surface area contributed by atoms with E-state index in [1.54, 1.807) is 11.6 Å². The number of nitro groups is 1. The minimum atomic E-state index is -0.405. The third kappa shape index (κ3) is 2.86. The summed E-state index contributed by atoms with van der Waals surface area (Å²) in [5.41, 5.74) is 0.398. The van der Waals surface area contributed by atoms with Crippen molar-refractivity contribution in [1.29, 1.82) is 0 Å². The number of hydrogen-bond donors (Lipinski definition) is 1. The molecule has 0 saturated carbocycles. The monoisotopic (exact) mass is 268 g/mol. The van der Waals surface area contributed by atoms with Crippen molar-refractivity contribution in [3.05, 3.63) is 15.8 Å². The smallest absolute Gasteiger partial charge is 0.353 e. The summed E-state index contributed by atoms with van der Waals surface area (Å²) in [7, 11) is 0. The SMILES string of the molecule is Cc1nn(C(C)C)c(OC2CCNCC2)c1[N+](=O)[O-]. The Balaban J connectivity index is 2.32. The molecule has 0 amide bonds. The molecule has 1 N–H and O–H groups in total. The molecule has 106 valence electrons. The molecule has 0 unspecified atom stereocenters. The highest BCUT2D eigenvalue weighted by molar-refractivity contribution is 5.46. The lowest BCUT2D eigenvalue weighted by Crippen LogP contribution is -2.34. The average molecular weight is 268 g/mol. The van der Waals surface area contributed by atoms with E-state index in [1.807, 2.05) is 13.8 Å². The molecule has 7 nitrogen and oxygen atoms in total. The number of piperidine rings is 1. The molecule has 1 fully saturated rings. The molecular weight excluding hydrogens is 248 g/mol. The normalized spacial score (nSPS) is 16.8. The summed E-state index contributed by atoms with van der Waals surface area (Å²) in [6.45, 7) is 7.28. The summed E-state index contributed by atoms with van der Waals surface area (Å²) in [5, 5.41) is 18.7. The maximum Gasteiger partial charge on any atom is 0.353 e. The van der Waals surface area contributed by atoms with Gasteiger partial charge in [0.15, 0.2) is 0 Å². The van der Waals surface area contributed by atoms with Crippen LogP contribution in [0.5, 0.6) is 5.88 Å². The van der Waals surface area contributed by atoms with E-state index in [4.69, 9.17) is 4.74 Å². The van der Waals surface area contributed by atoms with Gasteiger partial charge in [-0.2, -0.15) is 5.10 Å². The van der Waals surface area contributed by atoms with E-state index in [-0.39, 0.29) is 17.8 Å². The molecule has 0 aromatic carbocycles. The van der Waals surface area contributed by atoms with Crippen LogP contribution in [0.3, 0.4) is 0 Å². The summed E-state index contributed by atoms with van der Waals surface area (Å²) in [5.74, 6) is 0.296. The van der Waals surface area contributed by atoms with Crippen LogP contribution in [0.1, 0.15) is 38.4 Å². The molecule has 1 aliphatic rings. The van der Waals surface area contributed by atoms with Crippen LogP contribution >= 0.6 is 0 Å². The van der Waals surface area contributed by atoms with Crippen molar-refractivity contribution in [1.82, 2.24) is 15.1 Å². The Bertz CT molecular complexity index is 464. The van der Waals surface area contributed by atoms with Gasteiger partial charge in [0, 0.05) is 0 Å². The van der Waals surface area contributed by atoms with Gasteiger partial charge in [-0.1, -0.05) is 0 Å². The van der Waals surface area contributed by atoms with E-state index in [9.17, 15) is 10.1 Å². The lowest BCUT2D eigenvalue weighted by Gasteiger charge is -2.24. The largest absolute Gasteiger partial charge is 0.470 e. The Morgan fingerprint density at radius 3 is 2.63 bits per heavy atom. The minimum absolute atomic E-state index is 0.00719. The van der Waals surface area contributed by atoms with Crippen LogP contribution < -0.4 is 10.1 Å². The molecule has 0 bridgehead atoms. The Morgan fingerprint density at radius 1 is 1.47 bits per heavy atom. The summed E-state index contributed by atoms with van der Waals surface area (Å²) in [4.78, 5) is 10.8. The highest BCUT2D eigenvalue weighted by atomic mass is 16.6. The molecule has 7 heteroatoms. The molecular formula is C12H20N4O3. The Kier molecular flexibility index (Phi) is 4.04. The van der Waals surface area contributed by atoms with Gasteiger partial charge in [-0.05, 0) is 46.7 Å². The number of aromatic nitrogens is 2. The maximum absolute atomic E-state index is 11.2. The molecule has 0 spiro atoms. The molecule has 0 radical (unpaired) electrons. The van der Waals surface area contributed by atoms with Crippen molar-refractivity contribution >= 4 is 5.69 Å². The van der Waals surface area contributed by atoms with Crippen molar-refractivity contribution in [2.75, 3.05) is 13.1 Å². The fraction of sp³-hybridized carbons (Fsp3) is 0.750. The zero-order chi connectivity index (χ0) is 14.0. The minimum Gasteiger partial charge on any atom is -0.470 e. The first-order valence-electron chi connectivity index (χ1n) is 6.61. The molecule has 1 aromatic heterocycles. The molecule has 2 rings (SSSR count). The van der Waals surface area contributed by atoms with Crippen LogP contribution in [0.25, 0.3) is 0 Å². The van der Waals surface area contributed by atoms with Gasteiger partial charge in [0.05, 0.1) is 11.0 Å². The van der Waals surface area contributed by atoms with Gasteiger partial charge in [0.2, 0.25) is 0 Å². The Hall–Kier alpha value is -1.63. The van der Waals surface area contributed by atoms with Gasteiger partial charge in [-0.25, -0.2) is 4.68 Å². The summed E-state index contributed by atoms with van der Waals surface area (Å²) >= 11 is 0. The molecule has 0 aliphatic carbocycles.